The molecule has 0 aromatic heterocycles. The second-order valence-corrected chi connectivity index (χ2v) is 2.91. The van der Waals surface area contributed by atoms with E-state index in [0.29, 0.717) is 18.7 Å². The Hall–Kier alpha value is -0.730. The standard InChI is InChI=1S/C7H11NO2/c1-2-3-5-6-4-10-7(9)8(5)6/h5-6H,2-4H2,1H3/t5-,6-,8?/m0/s1. The lowest BCUT2D eigenvalue weighted by Gasteiger charge is -1.99. The lowest BCUT2D eigenvalue weighted by molar-refractivity contribution is 0.154. The van der Waals surface area contributed by atoms with E-state index in [0.717, 1.165) is 12.8 Å². The van der Waals surface area contributed by atoms with Gasteiger partial charge in [-0.25, -0.2) is 4.79 Å². The molecular formula is C7H11NO2. The van der Waals surface area contributed by atoms with E-state index in [-0.39, 0.29) is 6.09 Å². The van der Waals surface area contributed by atoms with Gasteiger partial charge in [-0.2, -0.15) is 0 Å². The molecule has 2 aliphatic rings. The van der Waals surface area contributed by atoms with Crippen LogP contribution in [0.4, 0.5) is 4.79 Å². The molecule has 10 heavy (non-hydrogen) atoms. The molecule has 2 rings (SSSR count). The minimum absolute atomic E-state index is 0.108. The first-order chi connectivity index (χ1) is 4.84. The van der Waals surface area contributed by atoms with Crippen molar-refractivity contribution in [2.75, 3.05) is 6.61 Å². The largest absolute Gasteiger partial charge is 0.447 e. The van der Waals surface area contributed by atoms with Gasteiger partial charge in [-0.1, -0.05) is 13.3 Å². The monoisotopic (exact) mass is 141 g/mol. The summed E-state index contributed by atoms with van der Waals surface area (Å²) in [5, 5.41) is 0. The van der Waals surface area contributed by atoms with E-state index < -0.39 is 0 Å². The van der Waals surface area contributed by atoms with E-state index in [1.54, 1.807) is 0 Å². The molecule has 0 N–H and O–H groups in total. The molecule has 0 saturated carbocycles. The summed E-state index contributed by atoms with van der Waals surface area (Å²) in [4.78, 5) is 12.6. The number of cyclic esters (lactones) is 1. The Kier molecular flexibility index (Phi) is 1.13. The average Bonchev–Trinajstić information content (AvgIpc) is 2.45. The summed E-state index contributed by atoms with van der Waals surface area (Å²) in [6.07, 6.45) is 2.19. The first kappa shape index (κ1) is 6.01. The summed E-state index contributed by atoms with van der Waals surface area (Å²) in [5.74, 6) is 0. The van der Waals surface area contributed by atoms with Crippen molar-refractivity contribution in [3.63, 3.8) is 0 Å². The third kappa shape index (κ3) is 0.632. The number of hydrogen-bond donors (Lipinski definition) is 0. The van der Waals surface area contributed by atoms with Crippen LogP contribution in [0.3, 0.4) is 0 Å². The molecule has 0 aromatic rings. The van der Waals surface area contributed by atoms with Crippen LogP contribution in [0.25, 0.3) is 0 Å². The Morgan fingerprint density at radius 1 is 1.80 bits per heavy atom. The summed E-state index contributed by atoms with van der Waals surface area (Å²) in [6, 6.07) is 0.957. The molecule has 0 aromatic carbocycles. The fraction of sp³-hybridized carbons (Fsp3) is 0.857. The van der Waals surface area contributed by atoms with E-state index in [2.05, 4.69) is 6.92 Å². The molecule has 2 atom stereocenters. The number of fused-ring (bicyclic) bond motifs is 1. The predicted molar refractivity (Wildman–Crippen MR) is 35.7 cm³/mol. The van der Waals surface area contributed by atoms with Gasteiger partial charge in [0, 0.05) is 0 Å². The molecule has 3 heteroatoms. The molecule has 0 unspecified atom stereocenters. The van der Waals surface area contributed by atoms with Crippen molar-refractivity contribution in [3.05, 3.63) is 0 Å². The van der Waals surface area contributed by atoms with Gasteiger partial charge in [-0.05, 0) is 6.42 Å². The molecule has 2 heterocycles. The summed E-state index contributed by atoms with van der Waals surface area (Å²) < 4.78 is 4.78. The molecule has 2 fully saturated rings. The van der Waals surface area contributed by atoms with E-state index >= 15 is 0 Å². The van der Waals surface area contributed by atoms with Crippen LogP contribution >= 0.6 is 0 Å². The average molecular weight is 141 g/mol. The van der Waals surface area contributed by atoms with Crippen molar-refractivity contribution in [1.82, 2.24) is 4.90 Å². The number of ether oxygens (including phenoxy) is 1. The zero-order valence-corrected chi connectivity index (χ0v) is 6.04. The van der Waals surface area contributed by atoms with Crippen molar-refractivity contribution in [3.8, 4) is 0 Å². The van der Waals surface area contributed by atoms with Gasteiger partial charge in [0.05, 0.1) is 12.1 Å². The second kappa shape index (κ2) is 1.87. The van der Waals surface area contributed by atoms with Gasteiger partial charge in [-0.3, -0.25) is 4.90 Å². The summed E-state index contributed by atoms with van der Waals surface area (Å²) in [6.45, 7) is 2.77. The fourth-order valence-electron chi connectivity index (χ4n) is 1.66. The SMILES string of the molecule is CCC[C@H]1[C@@H]2COC(=O)N12. The van der Waals surface area contributed by atoms with Crippen LogP contribution in [-0.4, -0.2) is 29.7 Å². The predicted octanol–water partition coefficient (Wildman–Crippen LogP) is 0.990. The van der Waals surface area contributed by atoms with E-state index in [4.69, 9.17) is 4.74 Å². The van der Waals surface area contributed by atoms with Gasteiger partial charge < -0.3 is 4.74 Å². The lowest BCUT2D eigenvalue weighted by Crippen LogP contribution is -2.11. The molecular weight excluding hydrogens is 130 g/mol. The highest BCUT2D eigenvalue weighted by Gasteiger charge is 2.56. The maximum absolute atomic E-state index is 10.8. The molecule has 2 aliphatic heterocycles. The van der Waals surface area contributed by atoms with Crippen LogP contribution in [0.15, 0.2) is 0 Å². The molecule has 1 amide bonds. The molecule has 2 saturated heterocycles. The number of carbonyl (C=O) groups is 1. The molecule has 0 bridgehead atoms. The zero-order valence-electron chi connectivity index (χ0n) is 6.04. The number of rotatable bonds is 2. The number of nitrogens with zero attached hydrogens (tertiary/aromatic N) is 1. The van der Waals surface area contributed by atoms with Crippen molar-refractivity contribution >= 4 is 6.09 Å². The highest BCUT2D eigenvalue weighted by atomic mass is 16.6. The maximum Gasteiger partial charge on any atom is 0.410 e. The normalized spacial score (nSPS) is 35.7. The highest BCUT2D eigenvalue weighted by Crippen LogP contribution is 2.37. The van der Waals surface area contributed by atoms with Crippen LogP contribution in [0.5, 0.6) is 0 Å². The smallest absolute Gasteiger partial charge is 0.410 e. The third-order valence-corrected chi connectivity index (χ3v) is 2.24. The first-order valence-corrected chi connectivity index (χ1v) is 3.79. The minimum atomic E-state index is -0.108. The second-order valence-electron chi connectivity index (χ2n) is 2.91. The Labute approximate surface area is 60.0 Å². The number of carbonyl (C=O) groups excluding carboxylic acids is 1. The van der Waals surface area contributed by atoms with Gasteiger partial charge in [0.2, 0.25) is 0 Å². The molecule has 0 aliphatic carbocycles. The van der Waals surface area contributed by atoms with E-state index in [1.165, 1.54) is 0 Å². The van der Waals surface area contributed by atoms with Crippen LogP contribution in [0.2, 0.25) is 0 Å². The topological polar surface area (TPSA) is 29.3 Å². The van der Waals surface area contributed by atoms with Crippen LogP contribution in [0, 0.1) is 0 Å². The Balaban J connectivity index is 1.92. The highest BCUT2D eigenvalue weighted by molar-refractivity contribution is 5.74. The van der Waals surface area contributed by atoms with E-state index in [1.807, 2.05) is 4.90 Å². The first-order valence-electron chi connectivity index (χ1n) is 3.79. The number of amides is 1. The Bertz CT molecular complexity index is 169. The van der Waals surface area contributed by atoms with Crippen molar-refractivity contribution in [2.24, 2.45) is 0 Å². The van der Waals surface area contributed by atoms with Gasteiger partial charge in [0.25, 0.3) is 0 Å². The minimum Gasteiger partial charge on any atom is -0.447 e. The lowest BCUT2D eigenvalue weighted by atomic mass is 10.2. The molecule has 56 valence electrons. The van der Waals surface area contributed by atoms with Gasteiger partial charge in [-0.15, -0.1) is 0 Å². The van der Waals surface area contributed by atoms with Gasteiger partial charge in [0.15, 0.2) is 0 Å². The summed E-state index contributed by atoms with van der Waals surface area (Å²) in [5.41, 5.74) is 0. The maximum atomic E-state index is 10.8. The summed E-state index contributed by atoms with van der Waals surface area (Å²) >= 11 is 0. The van der Waals surface area contributed by atoms with Crippen LogP contribution in [0.1, 0.15) is 19.8 Å². The van der Waals surface area contributed by atoms with Crippen molar-refractivity contribution in [1.29, 1.82) is 0 Å². The van der Waals surface area contributed by atoms with Crippen molar-refractivity contribution < 1.29 is 9.53 Å². The van der Waals surface area contributed by atoms with Gasteiger partial charge >= 0.3 is 6.09 Å². The quantitative estimate of drug-likeness (QED) is 0.536. The Morgan fingerprint density at radius 2 is 2.60 bits per heavy atom. The van der Waals surface area contributed by atoms with Crippen molar-refractivity contribution in [2.45, 2.75) is 31.8 Å². The fourth-order valence-corrected chi connectivity index (χ4v) is 1.66. The van der Waals surface area contributed by atoms with E-state index in [9.17, 15) is 4.79 Å². The van der Waals surface area contributed by atoms with Gasteiger partial charge in [0.1, 0.15) is 6.61 Å². The molecule has 3 nitrogen and oxygen atoms in total. The molecule has 0 spiro atoms. The zero-order chi connectivity index (χ0) is 7.14. The summed E-state index contributed by atoms with van der Waals surface area (Å²) in [7, 11) is 0. The van der Waals surface area contributed by atoms with Crippen LogP contribution < -0.4 is 0 Å². The number of hydrogen-bond acceptors (Lipinski definition) is 2. The molecule has 0 radical (unpaired) electrons. The Morgan fingerprint density at radius 3 is 3.10 bits per heavy atom. The third-order valence-electron chi connectivity index (χ3n) is 2.24. The van der Waals surface area contributed by atoms with Crippen LogP contribution in [-0.2, 0) is 4.74 Å².